The Morgan fingerprint density at radius 3 is 3.05 bits per heavy atom. The quantitative estimate of drug-likeness (QED) is 0.816. The summed E-state index contributed by atoms with van der Waals surface area (Å²) in [6.45, 7) is 0. The number of amides is 1. The monoisotopic (exact) mass is 301 g/mol. The fourth-order valence-electron chi connectivity index (χ4n) is 3.01. The van der Waals surface area contributed by atoms with Gasteiger partial charge in [0.2, 0.25) is 11.7 Å². The lowest BCUT2D eigenvalue weighted by Gasteiger charge is -2.17. The standard InChI is InChI=1S/C14H15N5O3/c20-13(10-6-9-3-4-11(10)21-9)17-18-14-16-12(19-22-14)8-2-1-5-15-7-8/h1-2,5,7,9-11H,3-4,6H2,(H,17,20)(H,16,18,19)/t9-,10-,11+/m1/s1. The van der Waals surface area contributed by atoms with E-state index in [2.05, 4.69) is 26.0 Å². The fourth-order valence-corrected chi connectivity index (χ4v) is 3.01. The molecular formula is C14H15N5O3. The molecule has 2 bridgehead atoms. The van der Waals surface area contributed by atoms with E-state index in [1.165, 1.54) is 0 Å². The Morgan fingerprint density at radius 2 is 2.32 bits per heavy atom. The van der Waals surface area contributed by atoms with E-state index < -0.39 is 0 Å². The van der Waals surface area contributed by atoms with Crippen LogP contribution in [-0.2, 0) is 9.53 Å². The van der Waals surface area contributed by atoms with Gasteiger partial charge >= 0.3 is 6.01 Å². The molecule has 0 aromatic carbocycles. The first-order valence-corrected chi connectivity index (χ1v) is 7.25. The molecule has 4 heterocycles. The van der Waals surface area contributed by atoms with Crippen LogP contribution >= 0.6 is 0 Å². The van der Waals surface area contributed by atoms with E-state index in [9.17, 15) is 4.79 Å². The fraction of sp³-hybridized carbons (Fsp3) is 0.429. The van der Waals surface area contributed by atoms with Crippen molar-refractivity contribution in [2.75, 3.05) is 5.43 Å². The summed E-state index contributed by atoms with van der Waals surface area (Å²) in [6.07, 6.45) is 6.37. The summed E-state index contributed by atoms with van der Waals surface area (Å²) in [7, 11) is 0. The van der Waals surface area contributed by atoms with E-state index >= 15 is 0 Å². The average Bonchev–Trinajstić information content (AvgIpc) is 3.29. The van der Waals surface area contributed by atoms with Crippen LogP contribution in [0.1, 0.15) is 19.3 Å². The molecule has 8 heteroatoms. The van der Waals surface area contributed by atoms with E-state index in [4.69, 9.17) is 9.26 Å². The van der Waals surface area contributed by atoms with Gasteiger partial charge in [-0.3, -0.25) is 15.2 Å². The number of fused-ring (bicyclic) bond motifs is 2. The summed E-state index contributed by atoms with van der Waals surface area (Å²) >= 11 is 0. The number of carbonyl (C=O) groups excluding carboxylic acids is 1. The van der Waals surface area contributed by atoms with Crippen LogP contribution in [0.25, 0.3) is 11.4 Å². The Labute approximate surface area is 126 Å². The average molecular weight is 301 g/mol. The van der Waals surface area contributed by atoms with Gasteiger partial charge in [-0.05, 0) is 31.4 Å². The van der Waals surface area contributed by atoms with Gasteiger partial charge in [0, 0.05) is 18.0 Å². The molecule has 4 rings (SSSR count). The summed E-state index contributed by atoms with van der Waals surface area (Å²) in [5, 5.41) is 3.84. The number of hydrogen-bond acceptors (Lipinski definition) is 7. The molecule has 2 aliphatic rings. The van der Waals surface area contributed by atoms with Crippen LogP contribution in [0.3, 0.4) is 0 Å². The van der Waals surface area contributed by atoms with Gasteiger partial charge in [-0.2, -0.15) is 4.98 Å². The number of ether oxygens (including phenoxy) is 1. The SMILES string of the molecule is O=C(NNc1nc(-c2cccnc2)no1)[C@@H]1C[C@H]2CC[C@@H]1O2. The van der Waals surface area contributed by atoms with Crippen LogP contribution in [-0.4, -0.2) is 33.2 Å². The van der Waals surface area contributed by atoms with Gasteiger partial charge < -0.3 is 9.26 Å². The van der Waals surface area contributed by atoms with E-state index in [1.54, 1.807) is 18.5 Å². The summed E-state index contributed by atoms with van der Waals surface area (Å²) in [5.41, 5.74) is 6.01. The third-order valence-electron chi connectivity index (χ3n) is 4.08. The van der Waals surface area contributed by atoms with Gasteiger partial charge in [-0.1, -0.05) is 5.16 Å². The Balaban J connectivity index is 1.36. The highest BCUT2D eigenvalue weighted by molar-refractivity contribution is 5.80. The molecular weight excluding hydrogens is 286 g/mol. The zero-order valence-corrected chi connectivity index (χ0v) is 11.7. The molecule has 1 amide bonds. The zero-order valence-electron chi connectivity index (χ0n) is 11.7. The van der Waals surface area contributed by atoms with Crippen LogP contribution in [0.5, 0.6) is 0 Å². The normalized spacial score (nSPS) is 26.1. The molecule has 0 spiro atoms. The lowest BCUT2D eigenvalue weighted by atomic mass is 9.89. The van der Waals surface area contributed by atoms with Crippen molar-refractivity contribution in [1.82, 2.24) is 20.6 Å². The molecule has 0 aliphatic carbocycles. The smallest absolute Gasteiger partial charge is 0.340 e. The van der Waals surface area contributed by atoms with Gasteiger partial charge in [-0.25, -0.2) is 5.43 Å². The van der Waals surface area contributed by atoms with Gasteiger partial charge in [0.25, 0.3) is 0 Å². The molecule has 2 saturated heterocycles. The van der Waals surface area contributed by atoms with Crippen molar-refractivity contribution in [3.05, 3.63) is 24.5 Å². The van der Waals surface area contributed by atoms with Crippen LogP contribution in [0, 0.1) is 5.92 Å². The first-order chi connectivity index (χ1) is 10.8. The number of nitrogens with zero attached hydrogens (tertiary/aromatic N) is 3. The molecule has 8 nitrogen and oxygen atoms in total. The zero-order chi connectivity index (χ0) is 14.9. The summed E-state index contributed by atoms with van der Waals surface area (Å²) in [4.78, 5) is 20.3. The number of rotatable bonds is 4. The molecule has 0 saturated carbocycles. The van der Waals surface area contributed by atoms with Crippen LogP contribution < -0.4 is 10.9 Å². The number of hydrogen-bond donors (Lipinski definition) is 2. The van der Waals surface area contributed by atoms with Crippen molar-refractivity contribution in [2.45, 2.75) is 31.5 Å². The number of anilines is 1. The molecule has 2 aromatic rings. The van der Waals surface area contributed by atoms with Crippen LogP contribution in [0.2, 0.25) is 0 Å². The molecule has 2 aliphatic heterocycles. The van der Waals surface area contributed by atoms with E-state index in [0.29, 0.717) is 5.82 Å². The highest BCUT2D eigenvalue weighted by Gasteiger charge is 2.44. The molecule has 2 aromatic heterocycles. The Hall–Kier alpha value is -2.48. The second-order valence-electron chi connectivity index (χ2n) is 5.50. The maximum atomic E-state index is 12.1. The first kappa shape index (κ1) is 13.2. The van der Waals surface area contributed by atoms with Gasteiger partial charge in [0.15, 0.2) is 0 Å². The largest absolute Gasteiger partial charge is 0.374 e. The van der Waals surface area contributed by atoms with Crippen molar-refractivity contribution >= 4 is 11.9 Å². The predicted octanol–water partition coefficient (Wildman–Crippen LogP) is 1.14. The van der Waals surface area contributed by atoms with E-state index in [1.807, 2.05) is 6.07 Å². The molecule has 2 N–H and O–H groups in total. The predicted molar refractivity (Wildman–Crippen MR) is 75.3 cm³/mol. The van der Waals surface area contributed by atoms with Crippen molar-refractivity contribution in [2.24, 2.45) is 5.92 Å². The maximum Gasteiger partial charge on any atom is 0.340 e. The Morgan fingerprint density at radius 1 is 1.36 bits per heavy atom. The lowest BCUT2D eigenvalue weighted by Crippen LogP contribution is -2.39. The van der Waals surface area contributed by atoms with Crippen molar-refractivity contribution < 1.29 is 14.1 Å². The number of carbonyl (C=O) groups is 1. The first-order valence-electron chi connectivity index (χ1n) is 7.25. The number of hydrazine groups is 1. The topological polar surface area (TPSA) is 102 Å². The number of aromatic nitrogens is 3. The minimum absolute atomic E-state index is 0.0421. The number of nitrogens with one attached hydrogen (secondary N) is 2. The number of pyridine rings is 1. The second-order valence-corrected chi connectivity index (χ2v) is 5.50. The Bertz CT molecular complexity index is 674. The van der Waals surface area contributed by atoms with E-state index in [0.717, 1.165) is 24.8 Å². The second kappa shape index (κ2) is 5.38. The lowest BCUT2D eigenvalue weighted by molar-refractivity contribution is -0.126. The van der Waals surface area contributed by atoms with Crippen LogP contribution in [0.4, 0.5) is 6.01 Å². The van der Waals surface area contributed by atoms with E-state index in [-0.39, 0.29) is 30.0 Å². The third-order valence-corrected chi connectivity index (χ3v) is 4.08. The maximum absolute atomic E-state index is 12.1. The van der Waals surface area contributed by atoms with Gasteiger partial charge in [-0.15, -0.1) is 0 Å². The Kier molecular flexibility index (Phi) is 3.23. The van der Waals surface area contributed by atoms with Gasteiger partial charge in [0.05, 0.1) is 18.1 Å². The van der Waals surface area contributed by atoms with Crippen molar-refractivity contribution in [1.29, 1.82) is 0 Å². The van der Waals surface area contributed by atoms with Crippen molar-refractivity contribution in [3.63, 3.8) is 0 Å². The highest BCUT2D eigenvalue weighted by Crippen LogP contribution is 2.38. The molecule has 2 fully saturated rings. The van der Waals surface area contributed by atoms with Crippen molar-refractivity contribution in [3.8, 4) is 11.4 Å². The summed E-state index contributed by atoms with van der Waals surface area (Å²) < 4.78 is 10.7. The molecule has 114 valence electrons. The molecule has 3 atom stereocenters. The van der Waals surface area contributed by atoms with Gasteiger partial charge in [0.1, 0.15) is 0 Å². The third kappa shape index (κ3) is 2.41. The van der Waals surface area contributed by atoms with Crippen LogP contribution in [0.15, 0.2) is 29.0 Å². The minimum atomic E-state index is -0.105. The molecule has 0 unspecified atom stereocenters. The molecule has 0 radical (unpaired) electrons. The summed E-state index contributed by atoms with van der Waals surface area (Å²) in [6, 6.07) is 3.75. The molecule has 22 heavy (non-hydrogen) atoms. The summed E-state index contributed by atoms with van der Waals surface area (Å²) in [5.74, 6) is 0.202. The minimum Gasteiger partial charge on any atom is -0.374 e. The highest BCUT2D eigenvalue weighted by atomic mass is 16.5.